The van der Waals surface area contributed by atoms with Gasteiger partial charge in [0.15, 0.2) is 0 Å². The average molecular weight is 517 g/mol. The summed E-state index contributed by atoms with van der Waals surface area (Å²) in [5, 5.41) is 16.0. The van der Waals surface area contributed by atoms with Crippen LogP contribution in [0.3, 0.4) is 0 Å². The number of phenolic OH excluding ortho intramolecular Hbond substituents is 1. The molecule has 156 valence electrons. The van der Waals surface area contributed by atoms with E-state index in [1.807, 2.05) is 42.6 Å². The van der Waals surface area contributed by atoms with Gasteiger partial charge in [-0.1, -0.05) is 63.4 Å². The predicted octanol–water partition coefficient (Wildman–Crippen LogP) is 6.23. The molecule has 4 aromatic rings. The summed E-state index contributed by atoms with van der Waals surface area (Å²) in [5.74, 6) is -0.622. The predicted molar refractivity (Wildman–Crippen MR) is 128 cm³/mol. The monoisotopic (exact) mass is 515 g/mol. The van der Waals surface area contributed by atoms with E-state index in [1.54, 1.807) is 18.3 Å². The second-order valence-electron chi connectivity index (χ2n) is 6.84. The van der Waals surface area contributed by atoms with E-state index in [2.05, 4.69) is 31.0 Å². The van der Waals surface area contributed by atoms with Crippen molar-refractivity contribution in [2.45, 2.75) is 6.54 Å². The summed E-state index contributed by atoms with van der Waals surface area (Å²) in [7, 11) is 0. The summed E-state index contributed by atoms with van der Waals surface area (Å²) in [6.07, 6.45) is 3.54. The first-order valence-corrected chi connectivity index (χ1v) is 10.8. The number of rotatable bonds is 5. The Bertz CT molecular complexity index is 1320. The van der Waals surface area contributed by atoms with E-state index in [-0.39, 0.29) is 11.3 Å². The molecule has 1 heterocycles. The van der Waals surface area contributed by atoms with E-state index in [1.165, 1.54) is 12.1 Å². The van der Waals surface area contributed by atoms with Gasteiger partial charge in [-0.2, -0.15) is 5.10 Å². The molecule has 0 aliphatic carbocycles. The molecule has 3 aromatic carbocycles. The minimum Gasteiger partial charge on any atom is -0.507 e. The molecule has 2 N–H and O–H groups in total. The lowest BCUT2D eigenvalue weighted by atomic mass is 10.2. The highest BCUT2D eigenvalue weighted by molar-refractivity contribution is 9.10. The van der Waals surface area contributed by atoms with Gasteiger partial charge >= 0.3 is 0 Å². The van der Waals surface area contributed by atoms with Crippen molar-refractivity contribution in [3.05, 3.63) is 98.1 Å². The maximum atomic E-state index is 12.3. The standard InChI is InChI=1S/C23H16BrCl2N3O2/c24-16-6-8-22(30)18(10-16)23(31)28-27-11-15-13-29(21-4-2-1-3-17(15)21)12-14-5-7-19(25)20(26)9-14/h1-11,13,30H,12H2,(H,28,31)/b27-11-. The number of aromatic hydroxyl groups is 1. The summed E-state index contributed by atoms with van der Waals surface area (Å²) >= 11 is 15.5. The van der Waals surface area contributed by atoms with Crippen LogP contribution in [0, 0.1) is 0 Å². The minimum atomic E-state index is -0.505. The molecule has 0 bridgehead atoms. The molecule has 0 saturated carbocycles. The molecular weight excluding hydrogens is 501 g/mol. The summed E-state index contributed by atoms with van der Waals surface area (Å²) in [5.41, 5.74) is 5.47. The van der Waals surface area contributed by atoms with Crippen LogP contribution in [0.15, 0.2) is 76.4 Å². The fourth-order valence-corrected chi connectivity index (χ4v) is 3.94. The van der Waals surface area contributed by atoms with Gasteiger partial charge in [-0.05, 0) is 42.0 Å². The van der Waals surface area contributed by atoms with Crippen molar-refractivity contribution >= 4 is 62.2 Å². The molecule has 0 unspecified atom stereocenters. The van der Waals surface area contributed by atoms with Crippen LogP contribution in [0.25, 0.3) is 10.9 Å². The van der Waals surface area contributed by atoms with Crippen LogP contribution in [0.5, 0.6) is 5.75 Å². The third-order valence-corrected chi connectivity index (χ3v) is 5.96. The third-order valence-electron chi connectivity index (χ3n) is 4.73. The van der Waals surface area contributed by atoms with Crippen LogP contribution in [0.4, 0.5) is 0 Å². The van der Waals surface area contributed by atoms with Gasteiger partial charge in [0.05, 0.1) is 21.8 Å². The van der Waals surface area contributed by atoms with Gasteiger partial charge in [-0.15, -0.1) is 0 Å². The molecule has 0 fully saturated rings. The molecule has 0 aliphatic heterocycles. The Balaban J connectivity index is 1.58. The zero-order valence-electron chi connectivity index (χ0n) is 16.0. The van der Waals surface area contributed by atoms with E-state index >= 15 is 0 Å². The topological polar surface area (TPSA) is 66.6 Å². The number of amides is 1. The number of nitrogens with one attached hydrogen (secondary N) is 1. The van der Waals surface area contributed by atoms with Gasteiger partial charge in [0, 0.05) is 33.7 Å². The number of hydrazone groups is 1. The van der Waals surface area contributed by atoms with Crippen LogP contribution < -0.4 is 5.43 Å². The Morgan fingerprint density at radius 3 is 2.71 bits per heavy atom. The first-order chi connectivity index (χ1) is 14.9. The molecule has 4 rings (SSSR count). The maximum Gasteiger partial charge on any atom is 0.275 e. The molecule has 0 saturated heterocycles. The SMILES string of the molecule is O=C(N/N=C\c1cn(Cc2ccc(Cl)c(Cl)c2)c2ccccc12)c1cc(Br)ccc1O. The van der Waals surface area contributed by atoms with Crippen molar-refractivity contribution in [3.63, 3.8) is 0 Å². The molecule has 31 heavy (non-hydrogen) atoms. The Kier molecular flexibility index (Phi) is 6.32. The van der Waals surface area contributed by atoms with Crippen LogP contribution in [0.2, 0.25) is 10.0 Å². The normalized spacial score (nSPS) is 11.3. The van der Waals surface area contributed by atoms with Crippen molar-refractivity contribution < 1.29 is 9.90 Å². The Labute approximate surface area is 197 Å². The smallest absolute Gasteiger partial charge is 0.275 e. The number of aromatic nitrogens is 1. The van der Waals surface area contributed by atoms with E-state index < -0.39 is 5.91 Å². The number of nitrogens with zero attached hydrogens (tertiary/aromatic N) is 2. The number of phenols is 1. The number of halogens is 3. The number of hydrogen-bond acceptors (Lipinski definition) is 3. The first kappa shape index (κ1) is 21.4. The van der Waals surface area contributed by atoms with Gasteiger partial charge < -0.3 is 9.67 Å². The van der Waals surface area contributed by atoms with E-state index in [9.17, 15) is 9.90 Å². The molecule has 0 radical (unpaired) electrons. The summed E-state index contributed by atoms with van der Waals surface area (Å²) < 4.78 is 2.77. The number of carbonyl (C=O) groups excluding carboxylic acids is 1. The van der Waals surface area contributed by atoms with Crippen LogP contribution in [0.1, 0.15) is 21.5 Å². The fraction of sp³-hybridized carbons (Fsp3) is 0.0435. The van der Waals surface area contributed by atoms with Gasteiger partial charge in [-0.3, -0.25) is 4.79 Å². The molecule has 1 aromatic heterocycles. The molecule has 0 aliphatic rings. The molecule has 8 heteroatoms. The van der Waals surface area contributed by atoms with E-state index in [4.69, 9.17) is 23.2 Å². The summed E-state index contributed by atoms with van der Waals surface area (Å²) in [6, 6.07) is 18.1. The number of fused-ring (bicyclic) bond motifs is 1. The zero-order valence-corrected chi connectivity index (χ0v) is 19.1. The molecule has 0 spiro atoms. The first-order valence-electron chi connectivity index (χ1n) is 9.26. The number of para-hydroxylation sites is 1. The largest absolute Gasteiger partial charge is 0.507 e. The van der Waals surface area contributed by atoms with Crippen LogP contribution in [-0.2, 0) is 6.54 Å². The lowest BCUT2D eigenvalue weighted by molar-refractivity contribution is 0.0952. The number of carbonyl (C=O) groups is 1. The number of benzene rings is 3. The quantitative estimate of drug-likeness (QED) is 0.244. The Hall–Kier alpha value is -2.80. The van der Waals surface area contributed by atoms with Crippen molar-refractivity contribution in [3.8, 4) is 5.75 Å². The highest BCUT2D eigenvalue weighted by Gasteiger charge is 2.11. The zero-order chi connectivity index (χ0) is 22.0. The minimum absolute atomic E-state index is 0.117. The van der Waals surface area contributed by atoms with Crippen molar-refractivity contribution in [2.24, 2.45) is 5.10 Å². The number of hydrogen-bond donors (Lipinski definition) is 2. The lowest BCUT2D eigenvalue weighted by Gasteiger charge is -2.06. The van der Waals surface area contributed by atoms with Gasteiger partial charge in [0.1, 0.15) is 5.75 Å². The maximum absolute atomic E-state index is 12.3. The molecule has 5 nitrogen and oxygen atoms in total. The Morgan fingerprint density at radius 2 is 1.90 bits per heavy atom. The lowest BCUT2D eigenvalue weighted by Crippen LogP contribution is -2.17. The van der Waals surface area contributed by atoms with E-state index in [0.717, 1.165) is 22.0 Å². The third kappa shape index (κ3) is 4.77. The van der Waals surface area contributed by atoms with Crippen molar-refractivity contribution in [2.75, 3.05) is 0 Å². The van der Waals surface area contributed by atoms with Gasteiger partial charge in [0.2, 0.25) is 0 Å². The fourth-order valence-electron chi connectivity index (χ4n) is 3.25. The van der Waals surface area contributed by atoms with Crippen LogP contribution in [-0.4, -0.2) is 21.8 Å². The highest BCUT2D eigenvalue weighted by Crippen LogP contribution is 2.26. The van der Waals surface area contributed by atoms with E-state index in [0.29, 0.717) is 21.1 Å². The average Bonchev–Trinajstić information content (AvgIpc) is 3.10. The van der Waals surface area contributed by atoms with Crippen molar-refractivity contribution in [1.82, 2.24) is 9.99 Å². The molecule has 0 atom stereocenters. The second kappa shape index (κ2) is 9.14. The van der Waals surface area contributed by atoms with Crippen LogP contribution >= 0.6 is 39.1 Å². The van der Waals surface area contributed by atoms with Gasteiger partial charge in [0.25, 0.3) is 5.91 Å². The van der Waals surface area contributed by atoms with Gasteiger partial charge in [-0.25, -0.2) is 5.43 Å². The summed E-state index contributed by atoms with van der Waals surface area (Å²) in [6.45, 7) is 0.601. The summed E-state index contributed by atoms with van der Waals surface area (Å²) in [4.78, 5) is 12.3. The van der Waals surface area contributed by atoms with Crippen molar-refractivity contribution in [1.29, 1.82) is 0 Å². The molecule has 1 amide bonds. The second-order valence-corrected chi connectivity index (χ2v) is 8.57. The Morgan fingerprint density at radius 1 is 1.10 bits per heavy atom. The highest BCUT2D eigenvalue weighted by atomic mass is 79.9. The molecular formula is C23H16BrCl2N3O2.